The highest BCUT2D eigenvalue weighted by atomic mass is 16.5. The van der Waals surface area contributed by atoms with E-state index in [1.165, 1.54) is 44.8 Å². The lowest BCUT2D eigenvalue weighted by Crippen LogP contribution is -2.38. The number of anilines is 3. The minimum Gasteiger partial charge on any atom is -0.481 e. The number of aliphatic imine (C=N–C) groups is 2. The van der Waals surface area contributed by atoms with Gasteiger partial charge in [0.1, 0.15) is 45.8 Å². The Morgan fingerprint density at radius 1 is 0.579 bits per heavy atom. The van der Waals surface area contributed by atoms with E-state index in [0.717, 1.165) is 37.5 Å². The van der Waals surface area contributed by atoms with Gasteiger partial charge in [-0.05, 0) is 107 Å². The van der Waals surface area contributed by atoms with Crippen LogP contribution in [0.15, 0.2) is 28.2 Å². The Bertz CT molecular complexity index is 1860. The maximum absolute atomic E-state index is 10.2. The van der Waals surface area contributed by atoms with Gasteiger partial charge >= 0.3 is 17.9 Å². The Labute approximate surface area is 445 Å². The molecule has 26 nitrogen and oxygen atoms in total. The lowest BCUT2D eigenvalue weighted by atomic mass is 9.60. The molecule has 2 aliphatic rings. The summed E-state index contributed by atoms with van der Waals surface area (Å²) in [4.78, 5) is 75.5. The van der Waals surface area contributed by atoms with Gasteiger partial charge in [-0.25, -0.2) is 9.59 Å². The van der Waals surface area contributed by atoms with Crippen LogP contribution in [0.1, 0.15) is 103 Å². The molecule has 0 atom stereocenters. The molecule has 7 N–H and O–H groups in total. The van der Waals surface area contributed by atoms with Gasteiger partial charge in [-0.1, -0.05) is 19.9 Å². The van der Waals surface area contributed by atoms with Crippen molar-refractivity contribution >= 4 is 59.3 Å². The lowest BCUT2D eigenvalue weighted by molar-refractivity contribution is -0.153. The van der Waals surface area contributed by atoms with E-state index in [9.17, 15) is 34.2 Å². The molecule has 0 amide bonds. The third kappa shape index (κ3) is 26.9. The molecular formula is C50H84N8O18. The number of hydrogen-bond acceptors (Lipinski definition) is 23. The number of hydrogen-bond donors (Lipinski definition) is 7. The molecule has 1 aromatic carbocycles. The third-order valence-electron chi connectivity index (χ3n) is 12.5. The van der Waals surface area contributed by atoms with Crippen LogP contribution in [-0.2, 0) is 52.4 Å². The summed E-state index contributed by atoms with van der Waals surface area (Å²) >= 11 is 0. The number of benzene rings is 1. The normalized spacial score (nSPS) is 16.9. The number of carbonyl (C=O) groups is 3. The minimum absolute atomic E-state index is 0.0461. The number of aliphatic carboxylic acids is 3. The molecule has 2 aromatic rings. The molecule has 4 rings (SSSR count). The van der Waals surface area contributed by atoms with E-state index in [-0.39, 0.29) is 65.4 Å². The summed E-state index contributed by atoms with van der Waals surface area (Å²) < 4.78 is 31.3. The average molecular weight is 1090 g/mol. The number of carboxylic acids is 3. The van der Waals surface area contributed by atoms with Crippen LogP contribution in [-0.4, -0.2) is 189 Å². The number of isocyanates is 2. The van der Waals surface area contributed by atoms with Crippen LogP contribution in [0.25, 0.3) is 0 Å². The van der Waals surface area contributed by atoms with Crippen molar-refractivity contribution < 1.29 is 88.1 Å². The molecule has 26 heteroatoms. The average Bonchev–Trinajstić information content (AvgIpc) is 3.39. The van der Waals surface area contributed by atoms with Gasteiger partial charge in [0, 0.05) is 61.1 Å². The number of nitrogens with zero attached hydrogens (tertiary/aromatic N) is 8. The van der Waals surface area contributed by atoms with Crippen molar-refractivity contribution in [2.24, 2.45) is 32.7 Å². The maximum Gasteiger partial charge on any atom is 0.314 e. The maximum atomic E-state index is 10.2. The Morgan fingerprint density at radius 2 is 0.868 bits per heavy atom. The molecule has 0 spiro atoms. The molecule has 0 unspecified atom stereocenters. The molecule has 0 aliphatic heterocycles. The molecule has 0 bridgehead atoms. The van der Waals surface area contributed by atoms with Crippen molar-refractivity contribution in [1.82, 2.24) is 15.0 Å². The van der Waals surface area contributed by atoms with Crippen molar-refractivity contribution in [3.63, 3.8) is 0 Å². The van der Waals surface area contributed by atoms with Gasteiger partial charge in [0.25, 0.3) is 0 Å². The van der Waals surface area contributed by atoms with Crippen molar-refractivity contribution in [3.8, 4) is 0 Å². The fourth-order valence-corrected chi connectivity index (χ4v) is 7.82. The van der Waals surface area contributed by atoms with E-state index in [4.69, 9.17) is 54.0 Å². The molecule has 0 radical (unpaired) electrons. The fraction of sp³-hybridized carbons (Fsp3) is 0.720. The highest BCUT2D eigenvalue weighted by Crippen LogP contribution is 2.48. The number of rotatable bonds is 27. The summed E-state index contributed by atoms with van der Waals surface area (Å²) in [5.74, 6) is -0.282. The van der Waals surface area contributed by atoms with E-state index >= 15 is 0 Å². The number of aliphatic hydroxyl groups is 4. The van der Waals surface area contributed by atoms with Gasteiger partial charge < -0.3 is 64.2 Å². The van der Waals surface area contributed by atoms with Crippen molar-refractivity contribution in [3.05, 3.63) is 23.8 Å². The van der Waals surface area contributed by atoms with Crippen LogP contribution in [0.3, 0.4) is 0 Å². The van der Waals surface area contributed by atoms with E-state index in [2.05, 4.69) is 38.8 Å². The van der Waals surface area contributed by atoms with Crippen LogP contribution in [0.5, 0.6) is 0 Å². The van der Waals surface area contributed by atoms with Gasteiger partial charge in [-0.2, -0.15) is 24.9 Å². The first-order valence-corrected chi connectivity index (χ1v) is 24.6. The zero-order valence-electron chi connectivity index (χ0n) is 45.9. The van der Waals surface area contributed by atoms with Gasteiger partial charge in [-0.3, -0.25) is 29.1 Å². The Hall–Kier alpha value is -5.60. The van der Waals surface area contributed by atoms with Crippen LogP contribution in [0.2, 0.25) is 0 Å². The molecule has 76 heavy (non-hydrogen) atoms. The topological polar surface area (TPSA) is 355 Å². The van der Waals surface area contributed by atoms with Crippen molar-refractivity contribution in [2.75, 3.05) is 111 Å². The number of carbonyl (C=O) groups excluding carboxylic acids is 2. The largest absolute Gasteiger partial charge is 0.481 e. The highest BCUT2D eigenvalue weighted by molar-refractivity contribution is 5.74. The van der Waals surface area contributed by atoms with Crippen LogP contribution >= 0.6 is 0 Å². The minimum atomic E-state index is -1.39. The molecule has 2 aliphatic carbocycles. The Morgan fingerprint density at radius 3 is 1.08 bits per heavy atom. The number of ether oxygens (including phenoxy) is 6. The summed E-state index contributed by atoms with van der Waals surface area (Å²) in [6.07, 6.45) is 12.5. The third-order valence-corrected chi connectivity index (χ3v) is 12.5. The first-order chi connectivity index (χ1) is 36.1. The molecule has 432 valence electrons. The molecule has 0 saturated heterocycles. The van der Waals surface area contributed by atoms with E-state index in [1.807, 2.05) is 0 Å². The SMILES string of the molecule is CC(C)(C1CCC(O)CC1)C1CCC(O)CC1.CC(CO)(CO)C(=O)O.COCN(COC)c1nc(N(COC)COC)nc(N(COC)COC)n1.Cc1c(N=C=O)cccc1N=C=O.O=C(O)CCCCC(=O)O. The second-order valence-electron chi connectivity index (χ2n) is 18.7. The predicted molar refractivity (Wildman–Crippen MR) is 279 cm³/mol. The summed E-state index contributed by atoms with van der Waals surface area (Å²) in [5.41, 5.74) is 0.590. The zero-order valence-corrected chi connectivity index (χ0v) is 45.9. The van der Waals surface area contributed by atoms with E-state index in [0.29, 0.717) is 53.0 Å². The van der Waals surface area contributed by atoms with Crippen LogP contribution in [0.4, 0.5) is 29.2 Å². The molecular weight excluding hydrogens is 1000 g/mol. The highest BCUT2D eigenvalue weighted by Gasteiger charge is 2.40. The Balaban J connectivity index is 0.000000989. The first-order valence-electron chi connectivity index (χ1n) is 24.6. The Kier molecular flexibility index (Phi) is 36.8. The number of unbranched alkanes of at least 4 members (excludes halogenated alkanes) is 1. The summed E-state index contributed by atoms with van der Waals surface area (Å²) in [7, 11) is 9.48. The first kappa shape index (κ1) is 70.4. The second-order valence-corrected chi connectivity index (χ2v) is 18.7. The predicted octanol–water partition coefficient (Wildman–Crippen LogP) is 4.74. The monoisotopic (exact) mass is 1080 g/mol. The summed E-state index contributed by atoms with van der Waals surface area (Å²) in [5, 5.41) is 60.6. The molecule has 1 heterocycles. The van der Waals surface area contributed by atoms with Gasteiger partial charge in [-0.15, -0.1) is 0 Å². The number of aliphatic hydroxyl groups excluding tert-OH is 4. The smallest absolute Gasteiger partial charge is 0.314 e. The quantitative estimate of drug-likeness (QED) is 0.0275. The number of aromatic nitrogens is 3. The van der Waals surface area contributed by atoms with Gasteiger partial charge in [0.2, 0.25) is 30.0 Å². The molecule has 2 saturated carbocycles. The number of carboxylic acid groups (broad SMARTS) is 3. The zero-order chi connectivity index (χ0) is 57.7. The van der Waals surface area contributed by atoms with Crippen molar-refractivity contribution in [1.29, 1.82) is 0 Å². The standard InChI is InChI=1S/C15H30N6O6.C15H28O2.C9H6N2O2.C6H10O4.C5H10O4/c1-22-7-19(8-23-2)13-16-14(20(9-24-3)10-25-4)18-15(17-13)21(11-26-5)12-27-6;1-15(2,11-3-7-13(16)8-4-11)12-5-9-14(17)10-6-12;1-7-8(10-5-12)3-2-4-9(7)11-6-13;7-5(8)3-1-2-4-6(9)10;1-5(2-6,3-7)4(8)9/h7-12H2,1-6H3;11-14,16-17H,3-10H2,1-2H3;2-4H,1H3;1-4H2,(H,7,8)(H,9,10);6-7H,2-3H2,1H3,(H,8,9). The van der Waals surface area contributed by atoms with Gasteiger partial charge in [0.05, 0.1) is 36.8 Å². The van der Waals surface area contributed by atoms with Gasteiger partial charge in [0.15, 0.2) is 0 Å². The lowest BCUT2D eigenvalue weighted by Gasteiger charge is -2.46. The fourth-order valence-electron chi connectivity index (χ4n) is 7.82. The summed E-state index contributed by atoms with van der Waals surface area (Å²) in [6.45, 7) is 8.15. The van der Waals surface area contributed by atoms with Crippen LogP contribution < -0.4 is 14.7 Å². The molecule has 2 fully saturated rings. The summed E-state index contributed by atoms with van der Waals surface area (Å²) in [6, 6.07) is 4.94. The second kappa shape index (κ2) is 39.7. The number of methoxy groups -OCH3 is 6. The van der Waals surface area contributed by atoms with E-state index < -0.39 is 36.5 Å². The van der Waals surface area contributed by atoms with Crippen LogP contribution in [0, 0.1) is 29.6 Å². The molecule has 1 aromatic heterocycles. The van der Waals surface area contributed by atoms with Crippen molar-refractivity contribution in [2.45, 2.75) is 117 Å². The van der Waals surface area contributed by atoms with E-state index in [1.54, 1.807) is 82.5 Å².